The van der Waals surface area contributed by atoms with Crippen LogP contribution in [0, 0.1) is 13.8 Å². The van der Waals surface area contributed by atoms with Gasteiger partial charge < -0.3 is 9.52 Å². The van der Waals surface area contributed by atoms with Gasteiger partial charge in [0.15, 0.2) is 0 Å². The molecular weight excluding hydrogens is 208 g/mol. The van der Waals surface area contributed by atoms with Crippen molar-refractivity contribution in [2.75, 3.05) is 0 Å². The number of oxazole rings is 1. The fraction of sp³-hybridized carbons (Fsp3) is 0.182. The molecule has 0 radical (unpaired) electrons. The van der Waals surface area contributed by atoms with Crippen LogP contribution in [0.1, 0.15) is 21.9 Å². The molecule has 2 heterocycles. The monoisotopic (exact) mass is 218 g/mol. The van der Waals surface area contributed by atoms with Gasteiger partial charge in [-0.25, -0.2) is 9.78 Å². The molecule has 5 heteroatoms. The van der Waals surface area contributed by atoms with Crippen molar-refractivity contribution in [2.24, 2.45) is 0 Å². The molecule has 0 aliphatic carbocycles. The highest BCUT2D eigenvalue weighted by atomic mass is 16.4. The van der Waals surface area contributed by atoms with E-state index in [2.05, 4.69) is 9.97 Å². The average molecular weight is 218 g/mol. The number of pyridine rings is 1. The molecule has 0 saturated carbocycles. The number of nitrogens with zero attached hydrogens (tertiary/aromatic N) is 2. The molecule has 0 aliphatic rings. The number of carboxylic acid groups (broad SMARTS) is 1. The Hall–Kier alpha value is -2.17. The molecule has 16 heavy (non-hydrogen) atoms. The summed E-state index contributed by atoms with van der Waals surface area (Å²) in [6.45, 7) is 3.45. The second kappa shape index (κ2) is 3.77. The highest BCUT2D eigenvalue weighted by molar-refractivity contribution is 5.86. The van der Waals surface area contributed by atoms with Crippen molar-refractivity contribution in [3.8, 4) is 11.5 Å². The van der Waals surface area contributed by atoms with Gasteiger partial charge in [0.2, 0.25) is 11.7 Å². The van der Waals surface area contributed by atoms with Crippen molar-refractivity contribution in [1.29, 1.82) is 0 Å². The van der Waals surface area contributed by atoms with Gasteiger partial charge in [-0.3, -0.25) is 4.98 Å². The van der Waals surface area contributed by atoms with Gasteiger partial charge in [0.05, 0.1) is 5.69 Å². The lowest BCUT2D eigenvalue weighted by molar-refractivity contribution is 0.0662. The number of hydrogen-bond acceptors (Lipinski definition) is 4. The molecule has 0 spiro atoms. The highest BCUT2D eigenvalue weighted by Crippen LogP contribution is 2.21. The van der Waals surface area contributed by atoms with Gasteiger partial charge >= 0.3 is 5.97 Å². The van der Waals surface area contributed by atoms with Crippen LogP contribution in [0.2, 0.25) is 0 Å². The Kier molecular flexibility index (Phi) is 2.44. The maximum absolute atomic E-state index is 10.8. The molecule has 2 aromatic heterocycles. The fourth-order valence-electron chi connectivity index (χ4n) is 1.40. The minimum Gasteiger partial charge on any atom is -0.475 e. The van der Waals surface area contributed by atoms with E-state index >= 15 is 0 Å². The molecule has 1 N–H and O–H groups in total. The van der Waals surface area contributed by atoms with Gasteiger partial charge in [0, 0.05) is 17.5 Å². The largest absolute Gasteiger partial charge is 0.475 e. The maximum atomic E-state index is 10.8. The molecule has 0 aromatic carbocycles. The standard InChI is InChI=1S/C11H10N2O3/c1-6-5-8(3-4-12-6)10-13-7(2)9(16-10)11(14)15/h3-5H,1-2H3,(H,14,15). The second-order valence-electron chi connectivity index (χ2n) is 3.42. The van der Waals surface area contributed by atoms with Crippen LogP contribution in [0.5, 0.6) is 0 Å². The first kappa shape index (κ1) is 10.4. The van der Waals surface area contributed by atoms with E-state index in [4.69, 9.17) is 9.52 Å². The van der Waals surface area contributed by atoms with Crippen LogP contribution < -0.4 is 0 Å². The van der Waals surface area contributed by atoms with Gasteiger partial charge in [0.1, 0.15) is 0 Å². The van der Waals surface area contributed by atoms with Crippen molar-refractivity contribution in [3.05, 3.63) is 35.5 Å². The predicted molar refractivity (Wildman–Crippen MR) is 56.2 cm³/mol. The third-order valence-corrected chi connectivity index (χ3v) is 2.13. The molecule has 2 aromatic rings. The van der Waals surface area contributed by atoms with Crippen molar-refractivity contribution < 1.29 is 14.3 Å². The average Bonchev–Trinajstić information content (AvgIpc) is 2.60. The van der Waals surface area contributed by atoms with E-state index in [-0.39, 0.29) is 5.76 Å². The van der Waals surface area contributed by atoms with Crippen molar-refractivity contribution in [1.82, 2.24) is 9.97 Å². The Labute approximate surface area is 91.8 Å². The lowest BCUT2D eigenvalue weighted by Crippen LogP contribution is -1.95. The molecule has 0 aliphatic heterocycles. The third kappa shape index (κ3) is 1.79. The van der Waals surface area contributed by atoms with Gasteiger partial charge in [-0.05, 0) is 26.0 Å². The van der Waals surface area contributed by atoms with E-state index in [0.717, 1.165) is 11.3 Å². The van der Waals surface area contributed by atoms with E-state index in [0.29, 0.717) is 11.6 Å². The summed E-state index contributed by atoms with van der Waals surface area (Å²) in [7, 11) is 0. The van der Waals surface area contributed by atoms with E-state index in [1.54, 1.807) is 25.3 Å². The summed E-state index contributed by atoms with van der Waals surface area (Å²) in [5, 5.41) is 8.83. The number of hydrogen-bond donors (Lipinski definition) is 1. The number of aromatic carboxylic acids is 1. The van der Waals surface area contributed by atoms with Crippen LogP contribution in [-0.4, -0.2) is 21.0 Å². The summed E-state index contributed by atoms with van der Waals surface area (Å²) in [5.41, 5.74) is 1.92. The smallest absolute Gasteiger partial charge is 0.373 e. The summed E-state index contributed by atoms with van der Waals surface area (Å²) in [6, 6.07) is 3.51. The summed E-state index contributed by atoms with van der Waals surface area (Å²) in [5.74, 6) is -0.924. The molecule has 0 fully saturated rings. The number of aryl methyl sites for hydroxylation is 2. The first-order valence-electron chi connectivity index (χ1n) is 4.71. The van der Waals surface area contributed by atoms with Crippen LogP contribution in [0.15, 0.2) is 22.7 Å². The maximum Gasteiger partial charge on any atom is 0.373 e. The predicted octanol–water partition coefficient (Wildman–Crippen LogP) is 2.05. The first-order valence-corrected chi connectivity index (χ1v) is 4.71. The Bertz CT molecular complexity index is 546. The highest BCUT2D eigenvalue weighted by Gasteiger charge is 2.17. The molecule has 0 saturated heterocycles. The number of aromatic nitrogens is 2. The van der Waals surface area contributed by atoms with Gasteiger partial charge in [-0.2, -0.15) is 0 Å². The SMILES string of the molecule is Cc1cc(-c2nc(C)c(C(=O)O)o2)ccn1. The van der Waals surface area contributed by atoms with E-state index < -0.39 is 5.97 Å². The first-order chi connectivity index (χ1) is 7.58. The topological polar surface area (TPSA) is 76.2 Å². The van der Waals surface area contributed by atoms with Gasteiger partial charge in [0.25, 0.3) is 0 Å². The minimum absolute atomic E-state index is 0.121. The Morgan fingerprint density at radius 2 is 2.19 bits per heavy atom. The molecule has 5 nitrogen and oxygen atoms in total. The summed E-state index contributed by atoms with van der Waals surface area (Å²) in [4.78, 5) is 18.9. The number of carbonyl (C=O) groups is 1. The molecular formula is C11H10N2O3. The molecule has 0 atom stereocenters. The van der Waals surface area contributed by atoms with E-state index in [1.165, 1.54) is 0 Å². The molecule has 0 amide bonds. The van der Waals surface area contributed by atoms with Crippen molar-refractivity contribution in [2.45, 2.75) is 13.8 Å². The molecule has 0 unspecified atom stereocenters. The van der Waals surface area contributed by atoms with Crippen molar-refractivity contribution in [3.63, 3.8) is 0 Å². The quantitative estimate of drug-likeness (QED) is 0.834. The lowest BCUT2D eigenvalue weighted by Gasteiger charge is -1.95. The van der Waals surface area contributed by atoms with Crippen LogP contribution >= 0.6 is 0 Å². The van der Waals surface area contributed by atoms with E-state index in [1.807, 2.05) is 6.92 Å². The number of carboxylic acids is 1. The third-order valence-electron chi connectivity index (χ3n) is 2.13. The van der Waals surface area contributed by atoms with Gasteiger partial charge in [-0.15, -0.1) is 0 Å². The van der Waals surface area contributed by atoms with Crippen LogP contribution in [0.4, 0.5) is 0 Å². The van der Waals surface area contributed by atoms with E-state index in [9.17, 15) is 4.79 Å². The zero-order valence-corrected chi connectivity index (χ0v) is 8.89. The molecule has 2 rings (SSSR count). The minimum atomic E-state index is -1.11. The van der Waals surface area contributed by atoms with Gasteiger partial charge in [-0.1, -0.05) is 0 Å². The zero-order chi connectivity index (χ0) is 11.7. The summed E-state index contributed by atoms with van der Waals surface area (Å²) in [6.07, 6.45) is 1.63. The lowest BCUT2D eigenvalue weighted by atomic mass is 10.2. The summed E-state index contributed by atoms with van der Waals surface area (Å²) < 4.78 is 5.18. The Morgan fingerprint density at radius 1 is 1.44 bits per heavy atom. The Balaban J connectivity index is 2.49. The van der Waals surface area contributed by atoms with Crippen LogP contribution in [0.3, 0.4) is 0 Å². The van der Waals surface area contributed by atoms with Crippen molar-refractivity contribution >= 4 is 5.97 Å². The second-order valence-corrected chi connectivity index (χ2v) is 3.42. The normalized spacial score (nSPS) is 10.4. The number of rotatable bonds is 2. The molecule has 82 valence electrons. The Morgan fingerprint density at radius 3 is 2.75 bits per heavy atom. The molecule has 0 bridgehead atoms. The fourth-order valence-corrected chi connectivity index (χ4v) is 1.40. The van der Waals surface area contributed by atoms with Crippen LogP contribution in [-0.2, 0) is 0 Å². The van der Waals surface area contributed by atoms with Crippen LogP contribution in [0.25, 0.3) is 11.5 Å². The summed E-state index contributed by atoms with van der Waals surface area (Å²) >= 11 is 0. The zero-order valence-electron chi connectivity index (χ0n) is 8.89.